The van der Waals surface area contributed by atoms with E-state index >= 15 is 0 Å². The highest BCUT2D eigenvalue weighted by atomic mass is 16.3. The van der Waals surface area contributed by atoms with Gasteiger partial charge >= 0.3 is 0 Å². The van der Waals surface area contributed by atoms with E-state index in [1.165, 1.54) is 0 Å². The first-order chi connectivity index (χ1) is 19.6. The summed E-state index contributed by atoms with van der Waals surface area (Å²) in [5.74, 6) is 0. The Morgan fingerprint density at radius 1 is 0.550 bits per heavy atom. The molecular weight excluding hydrogens is 488 g/mol. The van der Waals surface area contributed by atoms with Gasteiger partial charge in [-0.2, -0.15) is 0 Å². The molecule has 0 bridgehead atoms. The molecule has 1 atom stereocenters. The van der Waals surface area contributed by atoms with Crippen molar-refractivity contribution in [2.45, 2.75) is 25.0 Å². The van der Waals surface area contributed by atoms with Crippen LogP contribution in [0.4, 0.5) is 0 Å². The number of aliphatic hydroxyl groups is 1. The molecule has 40 heavy (non-hydrogen) atoms. The van der Waals surface area contributed by atoms with E-state index in [0.29, 0.717) is 5.69 Å². The molecule has 0 spiro atoms. The van der Waals surface area contributed by atoms with Crippen LogP contribution in [0.3, 0.4) is 0 Å². The van der Waals surface area contributed by atoms with Crippen molar-refractivity contribution in [3.63, 3.8) is 0 Å². The van der Waals surface area contributed by atoms with Crippen LogP contribution >= 0.6 is 0 Å². The van der Waals surface area contributed by atoms with E-state index in [0.717, 1.165) is 38.9 Å². The lowest BCUT2D eigenvalue weighted by atomic mass is 9.74. The standard InChI is InChI=1S/C37H32N2O/c1-28-16-15-25-34(29(28)2)37(40,33-23-13-6-14-24-33)35-26-38-27-39(35)36(30-17-7-3-8-18-30,31-19-9-4-10-20-31)32-21-11-5-12-22-32/h3-27,40H,1-2H3. The molecule has 0 aliphatic heterocycles. The molecule has 0 saturated carbocycles. The van der Waals surface area contributed by atoms with E-state index in [-0.39, 0.29) is 0 Å². The topological polar surface area (TPSA) is 38.1 Å². The van der Waals surface area contributed by atoms with Gasteiger partial charge in [0, 0.05) is 0 Å². The summed E-state index contributed by atoms with van der Waals surface area (Å²) in [6.07, 6.45) is 3.68. The second-order valence-corrected chi connectivity index (χ2v) is 10.3. The van der Waals surface area contributed by atoms with E-state index in [2.05, 4.69) is 97.3 Å². The molecule has 1 heterocycles. The molecule has 196 valence electrons. The predicted molar refractivity (Wildman–Crippen MR) is 161 cm³/mol. The summed E-state index contributed by atoms with van der Waals surface area (Å²) in [4.78, 5) is 4.74. The van der Waals surface area contributed by atoms with Crippen molar-refractivity contribution < 1.29 is 5.11 Å². The van der Waals surface area contributed by atoms with Crippen LogP contribution in [0.2, 0.25) is 0 Å². The lowest BCUT2D eigenvalue weighted by Crippen LogP contribution is -2.43. The Hall–Kier alpha value is -4.73. The molecule has 6 aromatic rings. The SMILES string of the molecule is Cc1cccc(C(O)(c2ccccc2)c2cncn2C(c2ccccc2)(c2ccccc2)c2ccccc2)c1C. The Morgan fingerprint density at radius 2 is 1.00 bits per heavy atom. The number of rotatable bonds is 7. The van der Waals surface area contributed by atoms with Gasteiger partial charge in [0.15, 0.2) is 5.60 Å². The summed E-state index contributed by atoms with van der Waals surface area (Å²) >= 11 is 0. The van der Waals surface area contributed by atoms with Gasteiger partial charge in [-0.15, -0.1) is 0 Å². The largest absolute Gasteiger partial charge is 0.374 e. The Morgan fingerprint density at radius 3 is 1.48 bits per heavy atom. The van der Waals surface area contributed by atoms with Crippen LogP contribution in [-0.2, 0) is 11.1 Å². The van der Waals surface area contributed by atoms with Gasteiger partial charge < -0.3 is 9.67 Å². The highest BCUT2D eigenvalue weighted by Gasteiger charge is 2.45. The minimum Gasteiger partial charge on any atom is -0.374 e. The van der Waals surface area contributed by atoms with Crippen molar-refractivity contribution >= 4 is 0 Å². The van der Waals surface area contributed by atoms with Crippen molar-refractivity contribution in [2.24, 2.45) is 0 Å². The third kappa shape index (κ3) is 3.98. The van der Waals surface area contributed by atoms with Crippen molar-refractivity contribution in [2.75, 3.05) is 0 Å². The van der Waals surface area contributed by atoms with Crippen LogP contribution in [0.1, 0.15) is 44.6 Å². The zero-order chi connectivity index (χ0) is 27.6. The molecule has 5 aromatic carbocycles. The molecule has 0 radical (unpaired) electrons. The minimum atomic E-state index is -1.47. The lowest BCUT2D eigenvalue weighted by molar-refractivity contribution is 0.113. The Kier molecular flexibility index (Phi) is 6.67. The average Bonchev–Trinajstić information content (AvgIpc) is 3.52. The van der Waals surface area contributed by atoms with Crippen molar-refractivity contribution in [3.05, 3.63) is 197 Å². The monoisotopic (exact) mass is 520 g/mol. The Labute approximate surface area is 236 Å². The summed E-state index contributed by atoms with van der Waals surface area (Å²) in [6, 6.07) is 47.5. The molecule has 1 N–H and O–H groups in total. The molecule has 0 aliphatic rings. The van der Waals surface area contributed by atoms with E-state index in [1.807, 2.05) is 73.2 Å². The van der Waals surface area contributed by atoms with Crippen LogP contribution in [0.15, 0.2) is 152 Å². The van der Waals surface area contributed by atoms with E-state index in [1.54, 1.807) is 0 Å². The van der Waals surface area contributed by atoms with E-state index < -0.39 is 11.1 Å². The number of benzene rings is 5. The third-order valence-electron chi connectivity index (χ3n) is 8.13. The van der Waals surface area contributed by atoms with Crippen LogP contribution in [0.25, 0.3) is 0 Å². The number of aromatic nitrogens is 2. The Bertz CT molecular complexity index is 1610. The fraction of sp³-hybridized carbons (Fsp3) is 0.108. The summed E-state index contributed by atoms with van der Waals surface area (Å²) in [7, 11) is 0. The van der Waals surface area contributed by atoms with Crippen molar-refractivity contribution in [1.29, 1.82) is 0 Å². The highest BCUT2D eigenvalue weighted by molar-refractivity contribution is 5.55. The molecule has 0 saturated heterocycles. The van der Waals surface area contributed by atoms with Crippen LogP contribution in [-0.4, -0.2) is 14.7 Å². The normalized spacial score (nSPS) is 13.1. The maximum atomic E-state index is 13.1. The molecule has 0 aliphatic carbocycles. The number of hydrogen-bond donors (Lipinski definition) is 1. The number of hydrogen-bond acceptors (Lipinski definition) is 2. The molecule has 1 aromatic heterocycles. The van der Waals surface area contributed by atoms with Gasteiger partial charge in [-0.25, -0.2) is 4.98 Å². The maximum Gasteiger partial charge on any atom is 0.157 e. The highest BCUT2D eigenvalue weighted by Crippen LogP contribution is 2.46. The third-order valence-corrected chi connectivity index (χ3v) is 8.13. The van der Waals surface area contributed by atoms with E-state index in [4.69, 9.17) is 4.98 Å². The number of imidazole rings is 1. The van der Waals surface area contributed by atoms with Gasteiger partial charge in [-0.3, -0.25) is 0 Å². The second-order valence-electron chi connectivity index (χ2n) is 10.3. The summed E-state index contributed by atoms with van der Waals surface area (Å²) < 4.78 is 2.17. The van der Waals surface area contributed by atoms with Crippen LogP contribution < -0.4 is 0 Å². The summed E-state index contributed by atoms with van der Waals surface area (Å²) in [5, 5.41) is 13.1. The van der Waals surface area contributed by atoms with Gasteiger partial charge in [0.2, 0.25) is 0 Å². The lowest BCUT2D eigenvalue weighted by Gasteiger charge is -2.42. The quantitative estimate of drug-likeness (QED) is 0.220. The van der Waals surface area contributed by atoms with Crippen LogP contribution in [0.5, 0.6) is 0 Å². The van der Waals surface area contributed by atoms with Crippen molar-refractivity contribution in [3.8, 4) is 0 Å². The number of nitrogens with zero attached hydrogens (tertiary/aromatic N) is 2. The second kappa shape index (κ2) is 10.4. The summed E-state index contributed by atoms with van der Waals surface area (Å²) in [6.45, 7) is 4.17. The number of aryl methyl sites for hydroxylation is 1. The van der Waals surface area contributed by atoms with E-state index in [9.17, 15) is 5.11 Å². The van der Waals surface area contributed by atoms with Crippen LogP contribution in [0, 0.1) is 13.8 Å². The zero-order valence-corrected chi connectivity index (χ0v) is 22.8. The molecule has 1 unspecified atom stereocenters. The maximum absolute atomic E-state index is 13.1. The predicted octanol–water partition coefficient (Wildman–Crippen LogP) is 7.62. The van der Waals surface area contributed by atoms with Gasteiger partial charge in [-0.05, 0) is 52.8 Å². The zero-order valence-electron chi connectivity index (χ0n) is 22.8. The smallest absolute Gasteiger partial charge is 0.157 e. The van der Waals surface area contributed by atoms with Crippen molar-refractivity contribution in [1.82, 2.24) is 9.55 Å². The Balaban J connectivity index is 1.77. The average molecular weight is 521 g/mol. The molecule has 0 amide bonds. The first-order valence-corrected chi connectivity index (χ1v) is 13.6. The van der Waals surface area contributed by atoms with Gasteiger partial charge in [0.05, 0.1) is 18.2 Å². The molecule has 0 fully saturated rings. The fourth-order valence-electron chi connectivity index (χ4n) is 6.05. The first kappa shape index (κ1) is 25.5. The molecule has 3 heteroatoms. The molecular formula is C37H32N2O. The minimum absolute atomic E-state index is 0.684. The molecule has 6 rings (SSSR count). The van der Waals surface area contributed by atoms with Gasteiger partial charge in [0.25, 0.3) is 0 Å². The van der Waals surface area contributed by atoms with Gasteiger partial charge in [-0.1, -0.05) is 140 Å². The first-order valence-electron chi connectivity index (χ1n) is 13.6. The fourth-order valence-corrected chi connectivity index (χ4v) is 6.05. The summed E-state index contributed by atoms with van der Waals surface area (Å²) in [5.41, 5.74) is 5.41. The molecule has 3 nitrogen and oxygen atoms in total. The van der Waals surface area contributed by atoms with Gasteiger partial charge in [0.1, 0.15) is 5.54 Å².